The van der Waals surface area contributed by atoms with Gasteiger partial charge >= 0.3 is 0 Å². The Bertz CT molecular complexity index is 918. The number of hydrogen-bond acceptors (Lipinski definition) is 4. The van der Waals surface area contributed by atoms with E-state index in [1.54, 1.807) is 30.1 Å². The van der Waals surface area contributed by atoms with E-state index in [0.717, 1.165) is 6.42 Å². The number of aliphatic imine (C=N–C) groups is 1. The van der Waals surface area contributed by atoms with Crippen molar-refractivity contribution in [3.05, 3.63) is 54.1 Å². The maximum absolute atomic E-state index is 14.0. The quantitative estimate of drug-likeness (QED) is 0.357. The van der Waals surface area contributed by atoms with Crippen LogP contribution in [0, 0.1) is 11.6 Å². The summed E-state index contributed by atoms with van der Waals surface area (Å²) in [6, 6.07) is 11.1. The van der Waals surface area contributed by atoms with Crippen molar-refractivity contribution in [2.24, 2.45) is 4.99 Å². The number of carbonyl (C=O) groups excluding carboxylic acids is 1. The SMILES string of the molecule is CN=C(NCCOc1cccc(NC(C)=O)c1)NC1CCN(c2c(F)cccc2F)C1. The maximum atomic E-state index is 14.0. The molecule has 3 N–H and O–H groups in total. The number of amides is 1. The molecule has 1 atom stereocenters. The van der Waals surface area contributed by atoms with Gasteiger partial charge in [0.1, 0.15) is 29.7 Å². The first-order valence-electron chi connectivity index (χ1n) is 10.1. The molecule has 1 heterocycles. The lowest BCUT2D eigenvalue weighted by atomic mass is 10.2. The van der Waals surface area contributed by atoms with Gasteiger partial charge in [-0.25, -0.2) is 8.78 Å². The average molecular weight is 431 g/mol. The van der Waals surface area contributed by atoms with Crippen molar-refractivity contribution < 1.29 is 18.3 Å². The van der Waals surface area contributed by atoms with Crippen LogP contribution in [0.15, 0.2) is 47.5 Å². The summed E-state index contributed by atoms with van der Waals surface area (Å²) >= 11 is 0. The van der Waals surface area contributed by atoms with E-state index < -0.39 is 11.6 Å². The fraction of sp³-hybridized carbons (Fsp3) is 0.364. The van der Waals surface area contributed by atoms with Crippen molar-refractivity contribution >= 4 is 23.2 Å². The molecule has 166 valence electrons. The first-order valence-corrected chi connectivity index (χ1v) is 10.1. The van der Waals surface area contributed by atoms with Crippen LogP contribution in [0.3, 0.4) is 0 Å². The molecule has 0 spiro atoms. The summed E-state index contributed by atoms with van der Waals surface area (Å²) in [6.07, 6.45) is 0.737. The number of hydrogen-bond donors (Lipinski definition) is 3. The predicted molar refractivity (Wildman–Crippen MR) is 118 cm³/mol. The molecule has 1 saturated heterocycles. The van der Waals surface area contributed by atoms with Crippen molar-refractivity contribution in [3.8, 4) is 5.75 Å². The number of rotatable bonds is 7. The summed E-state index contributed by atoms with van der Waals surface area (Å²) in [6.45, 7) is 3.38. The molecule has 31 heavy (non-hydrogen) atoms. The van der Waals surface area contributed by atoms with Crippen molar-refractivity contribution in [3.63, 3.8) is 0 Å². The van der Waals surface area contributed by atoms with Crippen LogP contribution in [-0.4, -0.2) is 51.2 Å². The highest BCUT2D eigenvalue weighted by Gasteiger charge is 2.27. The topological polar surface area (TPSA) is 78.0 Å². The Kier molecular flexibility index (Phi) is 7.64. The highest BCUT2D eigenvalue weighted by atomic mass is 19.1. The van der Waals surface area contributed by atoms with Crippen molar-refractivity contribution in [1.82, 2.24) is 10.6 Å². The van der Waals surface area contributed by atoms with Crippen molar-refractivity contribution in [2.45, 2.75) is 19.4 Å². The zero-order valence-corrected chi connectivity index (χ0v) is 17.6. The Morgan fingerprint density at radius 2 is 1.97 bits per heavy atom. The van der Waals surface area contributed by atoms with Gasteiger partial charge in [-0.3, -0.25) is 9.79 Å². The fourth-order valence-electron chi connectivity index (χ4n) is 3.47. The zero-order valence-electron chi connectivity index (χ0n) is 17.6. The molecule has 2 aromatic carbocycles. The molecule has 0 saturated carbocycles. The van der Waals surface area contributed by atoms with E-state index in [1.165, 1.54) is 25.1 Å². The standard InChI is InChI=1S/C22H27F2N5O2/c1-15(30)27-16-5-3-6-18(13-16)31-12-10-26-22(25-2)28-17-9-11-29(14-17)21-19(23)7-4-8-20(21)24/h3-8,13,17H,9-12,14H2,1-2H3,(H,27,30)(H2,25,26,28). The van der Waals surface area contributed by atoms with E-state index in [-0.39, 0.29) is 17.6 Å². The van der Waals surface area contributed by atoms with E-state index in [0.29, 0.717) is 43.6 Å². The lowest BCUT2D eigenvalue weighted by Gasteiger charge is -2.21. The summed E-state index contributed by atoms with van der Waals surface area (Å²) < 4.78 is 33.7. The van der Waals surface area contributed by atoms with E-state index in [9.17, 15) is 13.6 Å². The minimum Gasteiger partial charge on any atom is -0.492 e. The Morgan fingerprint density at radius 3 is 2.68 bits per heavy atom. The molecule has 0 bridgehead atoms. The van der Waals surface area contributed by atoms with Gasteiger partial charge in [0, 0.05) is 44.9 Å². The molecular weight excluding hydrogens is 404 g/mol. The number of guanidine groups is 1. The first kappa shape index (κ1) is 22.3. The predicted octanol–water partition coefficient (Wildman–Crippen LogP) is 2.75. The second-order valence-corrected chi connectivity index (χ2v) is 7.20. The minimum absolute atomic E-state index is 0.0143. The monoisotopic (exact) mass is 431 g/mol. The number of benzene rings is 2. The Balaban J connectivity index is 1.44. The van der Waals surface area contributed by atoms with Crippen LogP contribution in [-0.2, 0) is 4.79 Å². The van der Waals surface area contributed by atoms with Gasteiger partial charge in [0.25, 0.3) is 0 Å². The molecule has 2 aromatic rings. The van der Waals surface area contributed by atoms with Crippen LogP contribution in [0.5, 0.6) is 5.75 Å². The second-order valence-electron chi connectivity index (χ2n) is 7.20. The molecule has 0 aliphatic carbocycles. The maximum Gasteiger partial charge on any atom is 0.221 e. The van der Waals surface area contributed by atoms with Gasteiger partial charge in [0.05, 0.1) is 6.54 Å². The minimum atomic E-state index is -0.553. The van der Waals surface area contributed by atoms with Crippen LogP contribution in [0.1, 0.15) is 13.3 Å². The van der Waals surface area contributed by atoms with Crippen molar-refractivity contribution in [1.29, 1.82) is 0 Å². The summed E-state index contributed by atoms with van der Waals surface area (Å²) in [7, 11) is 1.66. The van der Waals surface area contributed by atoms with Gasteiger partial charge in [-0.05, 0) is 30.7 Å². The van der Waals surface area contributed by atoms with Gasteiger partial charge in [-0.1, -0.05) is 12.1 Å². The normalized spacial score (nSPS) is 16.2. The molecule has 1 unspecified atom stereocenters. The smallest absolute Gasteiger partial charge is 0.221 e. The number of ether oxygens (including phenoxy) is 1. The highest BCUT2D eigenvalue weighted by Crippen LogP contribution is 2.26. The molecule has 3 rings (SSSR count). The molecule has 0 aromatic heterocycles. The molecule has 1 amide bonds. The van der Waals surface area contributed by atoms with Crippen LogP contribution in [0.25, 0.3) is 0 Å². The van der Waals surface area contributed by atoms with E-state index >= 15 is 0 Å². The number of nitrogens with one attached hydrogen (secondary N) is 3. The van der Waals surface area contributed by atoms with Gasteiger partial charge < -0.3 is 25.6 Å². The molecule has 9 heteroatoms. The fourth-order valence-corrected chi connectivity index (χ4v) is 3.47. The molecule has 1 aliphatic heterocycles. The third-order valence-electron chi connectivity index (χ3n) is 4.82. The number of anilines is 2. The Morgan fingerprint density at radius 1 is 1.23 bits per heavy atom. The molecular formula is C22H27F2N5O2. The largest absolute Gasteiger partial charge is 0.492 e. The van der Waals surface area contributed by atoms with Crippen LogP contribution in [0.2, 0.25) is 0 Å². The lowest BCUT2D eigenvalue weighted by Crippen LogP contribution is -2.45. The summed E-state index contributed by atoms with van der Waals surface area (Å²) in [5.74, 6) is -0.00605. The van der Waals surface area contributed by atoms with E-state index in [1.807, 2.05) is 6.07 Å². The van der Waals surface area contributed by atoms with Crippen molar-refractivity contribution in [2.75, 3.05) is 43.5 Å². The number of nitrogens with zero attached hydrogens (tertiary/aromatic N) is 2. The summed E-state index contributed by atoms with van der Waals surface area (Å²) in [4.78, 5) is 17.1. The van der Waals surface area contributed by atoms with Crippen LogP contribution < -0.4 is 25.6 Å². The molecule has 7 nitrogen and oxygen atoms in total. The number of carbonyl (C=O) groups is 1. The van der Waals surface area contributed by atoms with Gasteiger partial charge in [-0.15, -0.1) is 0 Å². The van der Waals surface area contributed by atoms with Crippen LogP contribution >= 0.6 is 0 Å². The first-order chi connectivity index (χ1) is 15.0. The average Bonchev–Trinajstić information content (AvgIpc) is 3.18. The Labute approximate surface area is 180 Å². The third-order valence-corrected chi connectivity index (χ3v) is 4.82. The molecule has 1 aliphatic rings. The second kappa shape index (κ2) is 10.6. The summed E-state index contributed by atoms with van der Waals surface area (Å²) in [5, 5.41) is 9.16. The van der Waals surface area contributed by atoms with Gasteiger partial charge in [-0.2, -0.15) is 0 Å². The number of halogens is 2. The van der Waals surface area contributed by atoms with Crippen LogP contribution in [0.4, 0.5) is 20.2 Å². The highest BCUT2D eigenvalue weighted by molar-refractivity contribution is 5.88. The molecule has 0 radical (unpaired) electrons. The van der Waals surface area contributed by atoms with E-state index in [4.69, 9.17) is 4.74 Å². The van der Waals surface area contributed by atoms with Gasteiger partial charge in [0.2, 0.25) is 5.91 Å². The third kappa shape index (κ3) is 6.31. The Hall–Kier alpha value is -3.36. The summed E-state index contributed by atoms with van der Waals surface area (Å²) in [5.41, 5.74) is 0.692. The number of para-hydroxylation sites is 1. The van der Waals surface area contributed by atoms with Gasteiger partial charge in [0.15, 0.2) is 5.96 Å². The molecule has 1 fully saturated rings. The lowest BCUT2D eigenvalue weighted by molar-refractivity contribution is -0.114. The zero-order chi connectivity index (χ0) is 22.2. The van der Waals surface area contributed by atoms with E-state index in [2.05, 4.69) is 20.9 Å².